The van der Waals surface area contributed by atoms with Gasteiger partial charge in [0.15, 0.2) is 0 Å². The Morgan fingerprint density at radius 3 is 2.78 bits per heavy atom. The molecule has 0 radical (unpaired) electrons. The molecule has 5 rings (SSSR count). The highest BCUT2D eigenvalue weighted by molar-refractivity contribution is 5.78. The van der Waals surface area contributed by atoms with Crippen molar-refractivity contribution >= 4 is 22.1 Å². The highest BCUT2D eigenvalue weighted by Gasteiger charge is 2.23. The van der Waals surface area contributed by atoms with E-state index in [2.05, 4.69) is 20.9 Å². The molecule has 0 bridgehead atoms. The zero-order chi connectivity index (χ0) is 22.2. The smallest absolute Gasteiger partial charge is 0.251 e. The van der Waals surface area contributed by atoms with Crippen molar-refractivity contribution in [2.45, 2.75) is 32.2 Å². The number of piperidine rings is 1. The van der Waals surface area contributed by atoms with Gasteiger partial charge >= 0.3 is 0 Å². The van der Waals surface area contributed by atoms with Gasteiger partial charge in [0.2, 0.25) is 0 Å². The second-order valence-electron chi connectivity index (χ2n) is 8.42. The van der Waals surface area contributed by atoms with Gasteiger partial charge in [-0.25, -0.2) is 9.37 Å². The monoisotopic (exact) mass is 430 g/mol. The minimum Gasteiger partial charge on any atom is -0.342 e. The van der Waals surface area contributed by atoms with E-state index >= 15 is 0 Å². The molecular weight excluding hydrogens is 407 g/mol. The maximum atomic E-state index is 13.7. The van der Waals surface area contributed by atoms with Gasteiger partial charge in [0, 0.05) is 31.1 Å². The minimum atomic E-state index is -0.444. The summed E-state index contributed by atoms with van der Waals surface area (Å²) < 4.78 is 15.3. The van der Waals surface area contributed by atoms with Crippen LogP contribution >= 0.6 is 0 Å². The van der Waals surface area contributed by atoms with Crippen LogP contribution in [0, 0.1) is 24.1 Å². The summed E-state index contributed by atoms with van der Waals surface area (Å²) >= 11 is 0. The summed E-state index contributed by atoms with van der Waals surface area (Å²) in [7, 11) is 0. The number of nitriles is 1. The van der Waals surface area contributed by atoms with E-state index in [1.54, 1.807) is 10.6 Å². The Bertz CT molecular complexity index is 1410. The van der Waals surface area contributed by atoms with E-state index in [9.17, 15) is 14.4 Å². The van der Waals surface area contributed by atoms with Crippen molar-refractivity contribution in [1.29, 1.82) is 5.26 Å². The van der Waals surface area contributed by atoms with Crippen molar-refractivity contribution in [3.05, 3.63) is 69.7 Å². The lowest BCUT2D eigenvalue weighted by molar-refractivity contribution is 0.203. The number of hydrogen-bond donors (Lipinski definition) is 1. The number of benzene rings is 1. The number of hydrogen-bond acceptors (Lipinski definition) is 5. The molecule has 0 unspecified atom stereocenters. The van der Waals surface area contributed by atoms with Crippen molar-refractivity contribution in [3.8, 4) is 6.07 Å². The number of aryl methyl sites for hydroxylation is 1. The Kier molecular flexibility index (Phi) is 5.19. The number of H-pyrrole nitrogens is 1. The van der Waals surface area contributed by atoms with Crippen LogP contribution < -0.4 is 5.56 Å². The number of likely N-dealkylation sites (tertiary alicyclic amines) is 1. The summed E-state index contributed by atoms with van der Waals surface area (Å²) in [5, 5.41) is 9.25. The molecule has 4 aromatic rings. The molecule has 0 amide bonds. The van der Waals surface area contributed by atoms with Gasteiger partial charge in [-0.1, -0.05) is 0 Å². The molecule has 3 aromatic heterocycles. The summed E-state index contributed by atoms with van der Waals surface area (Å²) in [6.07, 6.45) is 3.09. The number of aromatic nitrogens is 4. The van der Waals surface area contributed by atoms with Gasteiger partial charge in [-0.3, -0.25) is 9.78 Å². The lowest BCUT2D eigenvalue weighted by Gasteiger charge is -2.31. The lowest BCUT2D eigenvalue weighted by atomic mass is 9.96. The molecule has 32 heavy (non-hydrogen) atoms. The molecule has 1 aromatic carbocycles. The van der Waals surface area contributed by atoms with Crippen LogP contribution in [-0.4, -0.2) is 44.1 Å². The predicted molar refractivity (Wildman–Crippen MR) is 120 cm³/mol. The molecule has 0 spiro atoms. The van der Waals surface area contributed by atoms with Crippen LogP contribution in [-0.2, 0) is 6.54 Å². The quantitative estimate of drug-likeness (QED) is 0.535. The van der Waals surface area contributed by atoms with Crippen molar-refractivity contribution in [3.63, 3.8) is 0 Å². The van der Waals surface area contributed by atoms with Crippen LogP contribution in [0.1, 0.15) is 35.7 Å². The van der Waals surface area contributed by atoms with Crippen molar-refractivity contribution in [2.75, 3.05) is 19.6 Å². The number of fused-ring (bicyclic) bond motifs is 2. The summed E-state index contributed by atoms with van der Waals surface area (Å²) in [6.45, 7) is 4.94. The van der Waals surface area contributed by atoms with Crippen LogP contribution in [0.15, 0.2) is 41.3 Å². The lowest BCUT2D eigenvalue weighted by Crippen LogP contribution is -2.37. The van der Waals surface area contributed by atoms with Crippen molar-refractivity contribution in [2.24, 2.45) is 0 Å². The first kappa shape index (κ1) is 20.3. The molecule has 1 saturated heterocycles. The first-order valence-electron chi connectivity index (χ1n) is 10.8. The highest BCUT2D eigenvalue weighted by Crippen LogP contribution is 2.28. The summed E-state index contributed by atoms with van der Waals surface area (Å²) in [4.78, 5) is 27.0. The first-order chi connectivity index (χ1) is 15.5. The Morgan fingerprint density at radius 2 is 2.00 bits per heavy atom. The topological polar surface area (TPSA) is 90.6 Å². The molecule has 7 nitrogen and oxygen atoms in total. The van der Waals surface area contributed by atoms with Gasteiger partial charge < -0.3 is 14.5 Å². The van der Waals surface area contributed by atoms with E-state index in [0.717, 1.165) is 48.4 Å². The summed E-state index contributed by atoms with van der Waals surface area (Å²) in [5.41, 5.74) is 4.41. The minimum absolute atomic E-state index is 0.144. The van der Waals surface area contributed by atoms with Gasteiger partial charge in [-0.05, 0) is 56.6 Å². The second-order valence-corrected chi connectivity index (χ2v) is 8.42. The fourth-order valence-corrected chi connectivity index (χ4v) is 4.54. The van der Waals surface area contributed by atoms with Crippen molar-refractivity contribution < 1.29 is 4.39 Å². The molecule has 8 heteroatoms. The number of pyridine rings is 2. The van der Waals surface area contributed by atoms with Crippen LogP contribution in [0.3, 0.4) is 0 Å². The highest BCUT2D eigenvalue weighted by atomic mass is 19.1. The Balaban J connectivity index is 1.26. The average Bonchev–Trinajstić information content (AvgIpc) is 3.21. The van der Waals surface area contributed by atoms with E-state index < -0.39 is 5.82 Å². The molecule has 1 aliphatic heterocycles. The molecular formula is C24H23FN6O. The zero-order valence-electron chi connectivity index (χ0n) is 17.8. The summed E-state index contributed by atoms with van der Waals surface area (Å²) in [6, 6.07) is 10.5. The number of rotatable bonds is 4. The van der Waals surface area contributed by atoms with E-state index in [-0.39, 0.29) is 5.56 Å². The van der Waals surface area contributed by atoms with Crippen LogP contribution in [0.25, 0.3) is 22.1 Å². The Morgan fingerprint density at radius 1 is 1.19 bits per heavy atom. The van der Waals surface area contributed by atoms with Gasteiger partial charge in [-0.2, -0.15) is 5.26 Å². The molecule has 0 aliphatic carbocycles. The normalized spacial score (nSPS) is 15.4. The standard InChI is InChI=1S/C24H23FN6O/c1-15-10-20-21(11-17(15)13-26)29-24(28-20)16-4-6-30(7-5-16)8-9-31-22-12-18(25)14-27-19(22)2-3-23(31)32/h2-3,10-12,14,16H,4-9H2,1H3,(H,28,29). The summed E-state index contributed by atoms with van der Waals surface area (Å²) in [5.74, 6) is 0.865. The van der Waals surface area contributed by atoms with Crippen LogP contribution in [0.2, 0.25) is 0 Å². The number of nitrogens with zero attached hydrogens (tertiary/aromatic N) is 5. The molecule has 0 atom stereocenters. The van der Waals surface area contributed by atoms with E-state index in [1.807, 2.05) is 19.1 Å². The second kappa shape index (κ2) is 8.17. The number of aromatic amines is 1. The molecule has 4 heterocycles. The fraction of sp³-hybridized carbons (Fsp3) is 0.333. The fourth-order valence-electron chi connectivity index (χ4n) is 4.54. The third-order valence-electron chi connectivity index (χ3n) is 6.39. The Labute approximate surface area is 184 Å². The maximum Gasteiger partial charge on any atom is 0.251 e. The van der Waals surface area contributed by atoms with E-state index in [0.29, 0.717) is 35.6 Å². The SMILES string of the molecule is Cc1cc2[nH]c(C3CCN(CCn4c(=O)ccc5ncc(F)cc54)CC3)nc2cc1C#N. The molecule has 162 valence electrons. The molecule has 1 N–H and O–H groups in total. The average molecular weight is 430 g/mol. The maximum absolute atomic E-state index is 13.7. The molecule has 1 aliphatic rings. The van der Waals surface area contributed by atoms with Gasteiger partial charge in [0.25, 0.3) is 5.56 Å². The zero-order valence-corrected chi connectivity index (χ0v) is 17.8. The van der Waals surface area contributed by atoms with Crippen LogP contribution in [0.5, 0.6) is 0 Å². The van der Waals surface area contributed by atoms with Gasteiger partial charge in [0.1, 0.15) is 11.6 Å². The Hall–Kier alpha value is -3.57. The van der Waals surface area contributed by atoms with Gasteiger partial charge in [-0.15, -0.1) is 0 Å². The number of nitrogens with one attached hydrogen (secondary N) is 1. The molecule has 0 saturated carbocycles. The van der Waals surface area contributed by atoms with Crippen molar-refractivity contribution in [1.82, 2.24) is 24.4 Å². The third kappa shape index (κ3) is 3.76. The third-order valence-corrected chi connectivity index (χ3v) is 6.39. The number of imidazole rings is 1. The largest absolute Gasteiger partial charge is 0.342 e. The number of halogens is 1. The van der Waals surface area contributed by atoms with E-state index in [4.69, 9.17) is 4.98 Å². The van der Waals surface area contributed by atoms with Crippen LogP contribution in [0.4, 0.5) is 4.39 Å². The van der Waals surface area contributed by atoms with Gasteiger partial charge in [0.05, 0.1) is 39.9 Å². The molecule has 1 fully saturated rings. The first-order valence-corrected chi connectivity index (χ1v) is 10.8. The van der Waals surface area contributed by atoms with E-state index in [1.165, 1.54) is 18.3 Å². The predicted octanol–water partition coefficient (Wildman–Crippen LogP) is 3.47.